The van der Waals surface area contributed by atoms with Gasteiger partial charge >= 0.3 is 0 Å². The van der Waals surface area contributed by atoms with E-state index in [1.165, 1.54) is 0 Å². The molecule has 2 heterocycles. The van der Waals surface area contributed by atoms with Crippen LogP contribution < -0.4 is 10.2 Å². The van der Waals surface area contributed by atoms with E-state index in [-0.39, 0.29) is 5.92 Å². The van der Waals surface area contributed by atoms with Crippen molar-refractivity contribution in [2.45, 2.75) is 32.3 Å². The molecule has 21 heavy (non-hydrogen) atoms. The molecule has 0 aromatic carbocycles. The van der Waals surface area contributed by atoms with E-state index in [0.29, 0.717) is 11.5 Å². The van der Waals surface area contributed by atoms with E-state index in [1.54, 1.807) is 0 Å². The number of allylic oxidation sites excluding steroid dienone is 1. The van der Waals surface area contributed by atoms with Gasteiger partial charge in [-0.2, -0.15) is 0 Å². The van der Waals surface area contributed by atoms with Crippen molar-refractivity contribution in [3.63, 3.8) is 0 Å². The minimum absolute atomic E-state index is 0.279. The van der Waals surface area contributed by atoms with Gasteiger partial charge in [0.15, 0.2) is 0 Å². The zero-order chi connectivity index (χ0) is 15.5. The highest BCUT2D eigenvalue weighted by Gasteiger charge is 2.31. The Balaban J connectivity index is 2.04. The first-order valence-electron chi connectivity index (χ1n) is 7.30. The second-order valence-electron chi connectivity index (χ2n) is 6.14. The van der Waals surface area contributed by atoms with Crippen LogP contribution in [0.5, 0.6) is 0 Å². The smallest absolute Gasteiger partial charge is 0.130 e. The fourth-order valence-corrected chi connectivity index (χ4v) is 2.64. The molecule has 0 aliphatic carbocycles. The first-order valence-corrected chi connectivity index (χ1v) is 7.30. The Bertz CT molecular complexity index is 504. The second kappa shape index (κ2) is 6.26. The molecule has 0 bridgehead atoms. The summed E-state index contributed by atoms with van der Waals surface area (Å²) >= 11 is 0. The standard InChI is InChI=1S/C16H24N4O/c1-12(9-17)19-15-7-6-14(10-18-15)20-8-4-5-13(11-20)16(2,3)21/h6-7,9-10,13,17,21H,1,4-5,8,11H2,2-3H3,(H,18,19)/t13-/m1/s1. The third-order valence-electron chi connectivity index (χ3n) is 4.00. The number of rotatable bonds is 5. The van der Waals surface area contributed by atoms with Crippen LogP contribution in [0.1, 0.15) is 26.7 Å². The van der Waals surface area contributed by atoms with Gasteiger partial charge in [0.05, 0.1) is 23.2 Å². The summed E-state index contributed by atoms with van der Waals surface area (Å²) in [7, 11) is 0. The number of nitrogens with one attached hydrogen (secondary N) is 2. The van der Waals surface area contributed by atoms with Crippen LogP contribution in [0.25, 0.3) is 0 Å². The molecule has 114 valence electrons. The van der Waals surface area contributed by atoms with E-state index < -0.39 is 5.60 Å². The molecule has 5 nitrogen and oxygen atoms in total. The fraction of sp³-hybridized carbons (Fsp3) is 0.500. The molecule has 5 heteroatoms. The van der Waals surface area contributed by atoms with E-state index in [1.807, 2.05) is 32.2 Å². The molecule has 1 saturated heterocycles. The fourth-order valence-electron chi connectivity index (χ4n) is 2.64. The number of piperidine rings is 1. The number of nitrogens with zero attached hydrogens (tertiary/aromatic N) is 2. The lowest BCUT2D eigenvalue weighted by Crippen LogP contribution is -2.44. The molecule has 2 rings (SSSR count). The number of hydrogen-bond donors (Lipinski definition) is 3. The third kappa shape index (κ3) is 4.04. The van der Waals surface area contributed by atoms with Gasteiger partial charge < -0.3 is 20.7 Å². The summed E-state index contributed by atoms with van der Waals surface area (Å²) in [5.74, 6) is 0.963. The van der Waals surface area contributed by atoms with Crippen LogP contribution >= 0.6 is 0 Å². The number of aromatic nitrogens is 1. The minimum atomic E-state index is -0.644. The molecule has 0 unspecified atom stereocenters. The monoisotopic (exact) mass is 288 g/mol. The maximum absolute atomic E-state index is 10.2. The summed E-state index contributed by atoms with van der Waals surface area (Å²) in [5.41, 5.74) is 0.931. The highest BCUT2D eigenvalue weighted by atomic mass is 16.3. The summed E-state index contributed by atoms with van der Waals surface area (Å²) in [6, 6.07) is 3.90. The molecular weight excluding hydrogens is 264 g/mol. The van der Waals surface area contributed by atoms with Crippen molar-refractivity contribution in [1.29, 1.82) is 5.41 Å². The summed E-state index contributed by atoms with van der Waals surface area (Å²) in [5, 5.41) is 20.2. The zero-order valence-corrected chi connectivity index (χ0v) is 12.8. The topological polar surface area (TPSA) is 72.2 Å². The molecule has 1 aliphatic rings. The van der Waals surface area contributed by atoms with Crippen molar-refractivity contribution < 1.29 is 5.11 Å². The van der Waals surface area contributed by atoms with Crippen LogP contribution in [0.2, 0.25) is 0 Å². The van der Waals surface area contributed by atoms with Gasteiger partial charge in [-0.05, 0) is 38.8 Å². The van der Waals surface area contributed by atoms with Crippen LogP contribution in [0.4, 0.5) is 11.5 Å². The average molecular weight is 288 g/mol. The Morgan fingerprint density at radius 1 is 1.57 bits per heavy atom. The Kier molecular flexibility index (Phi) is 4.63. The van der Waals surface area contributed by atoms with Crippen molar-refractivity contribution in [3.05, 3.63) is 30.6 Å². The zero-order valence-electron chi connectivity index (χ0n) is 12.8. The third-order valence-corrected chi connectivity index (χ3v) is 4.00. The van der Waals surface area contributed by atoms with Crippen molar-refractivity contribution >= 4 is 17.7 Å². The molecule has 1 atom stereocenters. The van der Waals surface area contributed by atoms with E-state index >= 15 is 0 Å². The predicted octanol–water partition coefficient (Wildman–Crippen LogP) is 2.64. The quantitative estimate of drug-likeness (QED) is 0.728. The summed E-state index contributed by atoms with van der Waals surface area (Å²) < 4.78 is 0. The van der Waals surface area contributed by atoms with Crippen LogP contribution in [0.3, 0.4) is 0 Å². The van der Waals surface area contributed by atoms with Crippen LogP contribution in [0, 0.1) is 11.3 Å². The molecule has 1 aromatic heterocycles. The Morgan fingerprint density at radius 3 is 2.90 bits per heavy atom. The van der Waals surface area contributed by atoms with Gasteiger partial charge in [0.1, 0.15) is 5.82 Å². The van der Waals surface area contributed by atoms with Gasteiger partial charge in [0.2, 0.25) is 0 Å². The number of pyridine rings is 1. The van der Waals surface area contributed by atoms with Gasteiger partial charge in [0, 0.05) is 25.2 Å². The largest absolute Gasteiger partial charge is 0.390 e. The van der Waals surface area contributed by atoms with E-state index in [2.05, 4.69) is 21.8 Å². The van der Waals surface area contributed by atoms with Gasteiger partial charge in [-0.25, -0.2) is 4.98 Å². The lowest BCUT2D eigenvalue weighted by molar-refractivity contribution is 0.0110. The second-order valence-corrected chi connectivity index (χ2v) is 6.14. The van der Waals surface area contributed by atoms with Crippen molar-refractivity contribution in [3.8, 4) is 0 Å². The molecule has 1 fully saturated rings. The first-order chi connectivity index (χ1) is 9.90. The lowest BCUT2D eigenvalue weighted by atomic mass is 9.84. The molecule has 0 spiro atoms. The van der Waals surface area contributed by atoms with Crippen molar-refractivity contribution in [1.82, 2.24) is 4.98 Å². The van der Waals surface area contributed by atoms with Crippen LogP contribution in [-0.2, 0) is 0 Å². The highest BCUT2D eigenvalue weighted by molar-refractivity contribution is 5.79. The number of anilines is 2. The Labute approximate surface area is 126 Å². The van der Waals surface area contributed by atoms with Crippen molar-refractivity contribution in [2.24, 2.45) is 5.92 Å². The van der Waals surface area contributed by atoms with E-state index in [4.69, 9.17) is 5.41 Å². The molecule has 1 aliphatic heterocycles. The summed E-state index contributed by atoms with van der Waals surface area (Å²) in [6.07, 6.45) is 5.13. The molecule has 1 aromatic rings. The van der Waals surface area contributed by atoms with E-state index in [0.717, 1.165) is 37.8 Å². The maximum atomic E-state index is 10.2. The Morgan fingerprint density at radius 2 is 2.33 bits per heavy atom. The predicted molar refractivity (Wildman–Crippen MR) is 87.0 cm³/mol. The van der Waals surface area contributed by atoms with Crippen LogP contribution in [0.15, 0.2) is 30.6 Å². The number of aliphatic hydroxyl groups is 1. The molecule has 0 saturated carbocycles. The normalized spacial score (nSPS) is 19.2. The summed E-state index contributed by atoms with van der Waals surface area (Å²) in [6.45, 7) is 9.30. The van der Waals surface area contributed by atoms with Gasteiger partial charge in [-0.15, -0.1) is 0 Å². The summed E-state index contributed by atoms with van der Waals surface area (Å²) in [4.78, 5) is 6.62. The maximum Gasteiger partial charge on any atom is 0.130 e. The van der Waals surface area contributed by atoms with E-state index in [9.17, 15) is 5.11 Å². The lowest BCUT2D eigenvalue weighted by Gasteiger charge is -2.39. The van der Waals surface area contributed by atoms with Gasteiger partial charge in [0.25, 0.3) is 0 Å². The van der Waals surface area contributed by atoms with Crippen LogP contribution in [-0.4, -0.2) is 35.0 Å². The molecule has 3 N–H and O–H groups in total. The minimum Gasteiger partial charge on any atom is -0.390 e. The first kappa shape index (κ1) is 15.5. The SMILES string of the molecule is C=C(C=N)Nc1ccc(N2CCC[C@@H](C(C)(C)O)C2)cn1. The van der Waals surface area contributed by atoms with Gasteiger partial charge in [-0.3, -0.25) is 0 Å². The molecule has 0 amide bonds. The Hall–Kier alpha value is -1.88. The van der Waals surface area contributed by atoms with Gasteiger partial charge in [-0.1, -0.05) is 6.58 Å². The molecular formula is C16H24N4O. The molecule has 0 radical (unpaired) electrons. The van der Waals surface area contributed by atoms with Crippen molar-refractivity contribution in [2.75, 3.05) is 23.3 Å². The average Bonchev–Trinajstić information content (AvgIpc) is 2.47. The number of hydrogen-bond acceptors (Lipinski definition) is 5. The highest BCUT2D eigenvalue weighted by Crippen LogP contribution is 2.29.